The molecule has 1 atom stereocenters. The van der Waals surface area contributed by atoms with E-state index in [1.165, 1.54) is 23.4 Å². The lowest BCUT2D eigenvalue weighted by molar-refractivity contribution is 0.0718. The summed E-state index contributed by atoms with van der Waals surface area (Å²) in [5, 5.41) is 0. The van der Waals surface area contributed by atoms with Crippen LogP contribution in [-0.2, 0) is 12.8 Å². The van der Waals surface area contributed by atoms with E-state index in [4.69, 9.17) is 0 Å². The molecule has 121 valence electrons. The standard InChI is InChI=1S/C20H18FN2O/c1-22(20(24)14-5-8-16(21)9-6-14)17-10-7-15-12-18-4-2-3-11-23(18)19(15)13-17/h2-6,8-9,11,17H,7,10,13H2,1H3/t17-/m1/s1. The van der Waals surface area contributed by atoms with Crippen molar-refractivity contribution < 1.29 is 9.18 Å². The lowest BCUT2D eigenvalue weighted by Crippen LogP contribution is -2.40. The molecular weight excluding hydrogens is 303 g/mol. The van der Waals surface area contributed by atoms with Gasteiger partial charge in [-0.25, -0.2) is 4.39 Å². The van der Waals surface area contributed by atoms with Gasteiger partial charge in [-0.3, -0.25) is 4.79 Å². The molecule has 1 aromatic carbocycles. The minimum Gasteiger partial charge on any atom is -0.338 e. The van der Waals surface area contributed by atoms with E-state index < -0.39 is 0 Å². The summed E-state index contributed by atoms with van der Waals surface area (Å²) in [6, 6.07) is 15.4. The normalized spacial score (nSPS) is 16.8. The van der Waals surface area contributed by atoms with E-state index in [0.717, 1.165) is 24.8 Å². The highest BCUT2D eigenvalue weighted by molar-refractivity contribution is 5.94. The Balaban J connectivity index is 1.59. The van der Waals surface area contributed by atoms with Crippen LogP contribution in [0.1, 0.15) is 28.0 Å². The SMILES string of the molecule is CN(C(=O)c1ccc(F)cc1)[C@@H]1CCc2[c]c3ccccn3c2C1. The molecule has 4 heteroatoms. The maximum absolute atomic E-state index is 13.1. The second kappa shape index (κ2) is 5.78. The quantitative estimate of drug-likeness (QED) is 0.709. The maximum Gasteiger partial charge on any atom is 0.253 e. The monoisotopic (exact) mass is 321 g/mol. The number of amides is 1. The van der Waals surface area contributed by atoms with Gasteiger partial charge in [0.25, 0.3) is 5.91 Å². The number of aromatic nitrogens is 1. The van der Waals surface area contributed by atoms with Gasteiger partial charge in [-0.2, -0.15) is 0 Å². The Hall–Kier alpha value is -2.62. The highest BCUT2D eigenvalue weighted by Gasteiger charge is 2.27. The van der Waals surface area contributed by atoms with Crippen molar-refractivity contribution in [1.82, 2.24) is 9.30 Å². The highest BCUT2D eigenvalue weighted by atomic mass is 19.1. The first-order chi connectivity index (χ1) is 11.6. The fourth-order valence-corrected chi connectivity index (χ4v) is 3.51. The van der Waals surface area contributed by atoms with E-state index in [9.17, 15) is 9.18 Å². The molecule has 1 radical (unpaired) electrons. The molecule has 0 saturated heterocycles. The second-order valence-electron chi connectivity index (χ2n) is 6.33. The molecule has 3 nitrogen and oxygen atoms in total. The average Bonchev–Trinajstić information content (AvgIpc) is 2.99. The Kier molecular flexibility index (Phi) is 3.60. The zero-order valence-electron chi connectivity index (χ0n) is 13.5. The average molecular weight is 321 g/mol. The van der Waals surface area contributed by atoms with Crippen LogP contribution in [0.2, 0.25) is 0 Å². The van der Waals surface area contributed by atoms with Crippen LogP contribution in [-0.4, -0.2) is 28.3 Å². The van der Waals surface area contributed by atoms with Gasteiger partial charge >= 0.3 is 0 Å². The van der Waals surface area contributed by atoms with Gasteiger partial charge in [-0.15, -0.1) is 0 Å². The molecule has 1 aliphatic carbocycles. The van der Waals surface area contributed by atoms with Crippen molar-refractivity contribution in [2.45, 2.75) is 25.3 Å². The number of likely N-dealkylation sites (N-methyl/N-ethyl adjacent to an activating group) is 1. The molecule has 1 aliphatic rings. The number of hydrogen-bond acceptors (Lipinski definition) is 1. The first-order valence-corrected chi connectivity index (χ1v) is 8.16. The van der Waals surface area contributed by atoms with Crippen molar-refractivity contribution in [2.24, 2.45) is 0 Å². The van der Waals surface area contributed by atoms with Crippen molar-refractivity contribution in [2.75, 3.05) is 7.05 Å². The summed E-state index contributed by atoms with van der Waals surface area (Å²) in [7, 11) is 1.83. The van der Waals surface area contributed by atoms with E-state index in [1.54, 1.807) is 17.0 Å². The van der Waals surface area contributed by atoms with Gasteiger partial charge < -0.3 is 9.30 Å². The van der Waals surface area contributed by atoms with Crippen LogP contribution in [0.15, 0.2) is 48.7 Å². The molecule has 0 aliphatic heterocycles. The smallest absolute Gasteiger partial charge is 0.253 e. The number of benzene rings is 1. The number of carbonyl (C=O) groups excluding carboxylic acids is 1. The Bertz CT molecular complexity index is 898. The summed E-state index contributed by atoms with van der Waals surface area (Å²) in [5.74, 6) is -0.389. The fourth-order valence-electron chi connectivity index (χ4n) is 3.51. The third kappa shape index (κ3) is 2.48. The molecule has 0 spiro atoms. The molecular formula is C20H18FN2O. The Morgan fingerprint density at radius 2 is 2.04 bits per heavy atom. The van der Waals surface area contributed by atoms with Crippen molar-refractivity contribution in [3.63, 3.8) is 0 Å². The largest absolute Gasteiger partial charge is 0.338 e. The van der Waals surface area contributed by atoms with Crippen LogP contribution in [0.3, 0.4) is 0 Å². The van der Waals surface area contributed by atoms with Crippen molar-refractivity contribution in [3.05, 3.63) is 77.4 Å². The number of nitrogens with zero attached hydrogens (tertiary/aromatic N) is 2. The maximum atomic E-state index is 13.1. The lowest BCUT2D eigenvalue weighted by atomic mass is 9.92. The number of rotatable bonds is 2. The van der Waals surface area contributed by atoms with Gasteiger partial charge in [0.05, 0.1) is 5.52 Å². The van der Waals surface area contributed by atoms with Gasteiger partial charge in [0.15, 0.2) is 0 Å². The van der Waals surface area contributed by atoms with Gasteiger partial charge in [0.1, 0.15) is 5.82 Å². The second-order valence-corrected chi connectivity index (χ2v) is 6.33. The third-order valence-electron chi connectivity index (χ3n) is 4.89. The topological polar surface area (TPSA) is 24.7 Å². The summed E-state index contributed by atoms with van der Waals surface area (Å²) in [6.07, 6.45) is 4.70. The molecule has 3 aromatic rings. The number of aryl methyl sites for hydroxylation is 1. The molecule has 2 aromatic heterocycles. The molecule has 0 fully saturated rings. The number of halogens is 1. The first-order valence-electron chi connectivity index (χ1n) is 8.16. The number of carbonyl (C=O) groups is 1. The minimum atomic E-state index is -0.327. The zero-order valence-corrected chi connectivity index (χ0v) is 13.5. The molecule has 1 amide bonds. The van der Waals surface area contributed by atoms with Crippen LogP contribution < -0.4 is 0 Å². The molecule has 0 bridgehead atoms. The van der Waals surface area contributed by atoms with E-state index in [0.29, 0.717) is 5.56 Å². The molecule has 0 saturated carbocycles. The minimum absolute atomic E-state index is 0.0618. The Morgan fingerprint density at radius 3 is 2.83 bits per heavy atom. The van der Waals surface area contributed by atoms with E-state index in [-0.39, 0.29) is 17.8 Å². The predicted octanol–water partition coefficient (Wildman–Crippen LogP) is 3.51. The third-order valence-corrected chi connectivity index (χ3v) is 4.89. The number of pyridine rings is 1. The summed E-state index contributed by atoms with van der Waals surface area (Å²) in [5.41, 5.74) is 4.09. The van der Waals surface area contributed by atoms with E-state index in [2.05, 4.69) is 22.7 Å². The van der Waals surface area contributed by atoms with Crippen LogP contribution in [0.25, 0.3) is 5.52 Å². The predicted molar refractivity (Wildman–Crippen MR) is 90.5 cm³/mol. The van der Waals surface area contributed by atoms with Gasteiger partial charge in [0.2, 0.25) is 0 Å². The molecule has 24 heavy (non-hydrogen) atoms. The van der Waals surface area contributed by atoms with Crippen molar-refractivity contribution in [3.8, 4) is 0 Å². The van der Waals surface area contributed by atoms with Crippen LogP contribution in [0, 0.1) is 11.9 Å². The fraction of sp³-hybridized carbons (Fsp3) is 0.250. The number of hydrogen-bond donors (Lipinski definition) is 0. The van der Waals surface area contributed by atoms with Crippen LogP contribution in [0.5, 0.6) is 0 Å². The molecule has 2 heterocycles. The van der Waals surface area contributed by atoms with Crippen molar-refractivity contribution in [1.29, 1.82) is 0 Å². The van der Waals surface area contributed by atoms with Gasteiger partial charge in [0, 0.05) is 43.0 Å². The lowest BCUT2D eigenvalue weighted by Gasteiger charge is -2.31. The summed E-state index contributed by atoms with van der Waals surface area (Å²) in [4.78, 5) is 14.4. The van der Waals surface area contributed by atoms with Crippen molar-refractivity contribution >= 4 is 11.4 Å². The molecule has 4 rings (SSSR count). The highest BCUT2D eigenvalue weighted by Crippen LogP contribution is 2.27. The first kappa shape index (κ1) is 14.9. The van der Waals surface area contributed by atoms with Gasteiger partial charge in [-0.05, 0) is 54.8 Å². The Morgan fingerprint density at radius 1 is 1.25 bits per heavy atom. The van der Waals surface area contributed by atoms with Crippen LogP contribution in [0.4, 0.5) is 4.39 Å². The Labute approximate surface area is 140 Å². The van der Waals surface area contributed by atoms with E-state index >= 15 is 0 Å². The summed E-state index contributed by atoms with van der Waals surface area (Å²) >= 11 is 0. The number of fused-ring (bicyclic) bond motifs is 3. The van der Waals surface area contributed by atoms with E-state index in [1.807, 2.05) is 19.2 Å². The van der Waals surface area contributed by atoms with Crippen LogP contribution >= 0.6 is 0 Å². The van der Waals surface area contributed by atoms with Gasteiger partial charge in [-0.1, -0.05) is 6.07 Å². The summed E-state index contributed by atoms with van der Waals surface area (Å²) in [6.45, 7) is 0. The summed E-state index contributed by atoms with van der Waals surface area (Å²) < 4.78 is 15.2. The molecule has 0 unspecified atom stereocenters. The zero-order chi connectivity index (χ0) is 16.7. The molecule has 0 N–H and O–H groups in total.